The molecule has 0 spiro atoms. The van der Waals surface area contributed by atoms with Gasteiger partial charge < -0.3 is 24.4 Å². The molecule has 182 valence electrons. The van der Waals surface area contributed by atoms with E-state index >= 15 is 0 Å². The molecule has 1 heterocycles. The molecule has 0 aromatic heterocycles. The average molecular weight is 479 g/mol. The summed E-state index contributed by atoms with van der Waals surface area (Å²) in [6.07, 6.45) is 0.961. The van der Waals surface area contributed by atoms with Crippen LogP contribution >= 0.6 is 0 Å². The molecule has 1 aliphatic heterocycles. The van der Waals surface area contributed by atoms with Crippen molar-refractivity contribution in [2.75, 3.05) is 37.7 Å². The number of halogens is 1. The van der Waals surface area contributed by atoms with Gasteiger partial charge in [-0.3, -0.25) is 4.79 Å². The molecule has 3 aromatic rings. The van der Waals surface area contributed by atoms with Gasteiger partial charge in [0.15, 0.2) is 0 Å². The van der Waals surface area contributed by atoms with Gasteiger partial charge in [-0.05, 0) is 55.0 Å². The molecule has 35 heavy (non-hydrogen) atoms. The number of hydrogen-bond acceptors (Lipinski definition) is 6. The summed E-state index contributed by atoms with van der Waals surface area (Å²) in [5.74, 6) is 0.494. The Morgan fingerprint density at radius 2 is 1.83 bits per heavy atom. The first kappa shape index (κ1) is 24.2. The number of benzene rings is 3. The summed E-state index contributed by atoms with van der Waals surface area (Å²) in [4.78, 5) is 25.6. The molecule has 1 atom stereocenters. The Kier molecular flexibility index (Phi) is 8.30. The largest absolute Gasteiger partial charge is 0.492 e. The molecule has 4 rings (SSSR count). The number of carbonyl (C=O) groups is 2. The number of rotatable bonds is 12. The summed E-state index contributed by atoms with van der Waals surface area (Å²) >= 11 is 0. The van der Waals surface area contributed by atoms with E-state index in [0.717, 1.165) is 17.7 Å². The van der Waals surface area contributed by atoms with Crippen LogP contribution in [0.15, 0.2) is 72.8 Å². The van der Waals surface area contributed by atoms with Crippen molar-refractivity contribution >= 4 is 18.1 Å². The number of amides is 1. The highest BCUT2D eigenvalue weighted by Gasteiger charge is 2.23. The molecule has 0 fully saturated rings. The van der Waals surface area contributed by atoms with Crippen molar-refractivity contribution in [3.8, 4) is 11.5 Å². The van der Waals surface area contributed by atoms with E-state index in [9.17, 15) is 14.0 Å². The average Bonchev–Trinajstić information content (AvgIpc) is 3.32. The second-order valence-electron chi connectivity index (χ2n) is 8.01. The fraction of sp³-hybridized carbons (Fsp3) is 0.259. The zero-order valence-corrected chi connectivity index (χ0v) is 19.2. The third-order valence-electron chi connectivity index (χ3n) is 5.59. The number of fused-ring (bicyclic) bond motifs is 1. The van der Waals surface area contributed by atoms with Crippen molar-refractivity contribution < 1.29 is 28.2 Å². The standard InChI is InChI=1S/C27H27FN2O5/c28-21-9-11-22(12-10-21)33-16-14-29-17-23(35-27(32)20-5-2-1-3-6-20)18-34-26-8-4-7-25-24(26)13-15-30(25)19-31/h1-12,19,23,29H,13-18H2. The molecule has 0 bridgehead atoms. The maximum Gasteiger partial charge on any atom is 0.338 e. The van der Waals surface area contributed by atoms with Crippen LogP contribution in [0.1, 0.15) is 15.9 Å². The van der Waals surface area contributed by atoms with E-state index < -0.39 is 12.1 Å². The normalized spacial score (nSPS) is 13.1. The van der Waals surface area contributed by atoms with Crippen LogP contribution in [-0.2, 0) is 16.0 Å². The number of nitrogens with zero attached hydrogens (tertiary/aromatic N) is 1. The molecule has 3 aromatic carbocycles. The van der Waals surface area contributed by atoms with Crippen LogP contribution in [0.5, 0.6) is 11.5 Å². The predicted molar refractivity (Wildman–Crippen MR) is 129 cm³/mol. The Labute approximate surface area is 203 Å². The molecule has 8 heteroatoms. The molecular weight excluding hydrogens is 451 g/mol. The van der Waals surface area contributed by atoms with E-state index in [-0.39, 0.29) is 12.4 Å². The van der Waals surface area contributed by atoms with E-state index in [0.29, 0.717) is 49.7 Å². The second kappa shape index (κ2) is 12.0. The topological polar surface area (TPSA) is 77.1 Å². The number of anilines is 1. The molecule has 0 aliphatic carbocycles. The summed E-state index contributed by atoms with van der Waals surface area (Å²) in [6.45, 7) is 1.95. The first-order valence-corrected chi connectivity index (χ1v) is 11.5. The minimum atomic E-state index is -0.562. The highest BCUT2D eigenvalue weighted by molar-refractivity contribution is 5.89. The molecule has 1 unspecified atom stereocenters. The monoisotopic (exact) mass is 478 g/mol. The Hall–Kier alpha value is -3.91. The third-order valence-corrected chi connectivity index (χ3v) is 5.59. The van der Waals surface area contributed by atoms with Crippen molar-refractivity contribution in [3.05, 3.63) is 89.7 Å². The van der Waals surface area contributed by atoms with E-state index in [1.807, 2.05) is 24.3 Å². The van der Waals surface area contributed by atoms with Gasteiger partial charge >= 0.3 is 5.97 Å². The zero-order chi connectivity index (χ0) is 24.5. The van der Waals surface area contributed by atoms with Crippen LogP contribution in [0.3, 0.4) is 0 Å². The molecule has 1 amide bonds. The zero-order valence-electron chi connectivity index (χ0n) is 19.2. The number of hydrogen-bond donors (Lipinski definition) is 1. The van der Waals surface area contributed by atoms with Gasteiger partial charge in [0, 0.05) is 25.2 Å². The van der Waals surface area contributed by atoms with Crippen molar-refractivity contribution in [1.29, 1.82) is 0 Å². The van der Waals surface area contributed by atoms with E-state index in [2.05, 4.69) is 5.32 Å². The first-order valence-electron chi connectivity index (χ1n) is 11.5. The van der Waals surface area contributed by atoms with Gasteiger partial charge in [-0.2, -0.15) is 0 Å². The lowest BCUT2D eigenvalue weighted by atomic mass is 10.1. The SMILES string of the molecule is O=CN1CCc2c(OCC(CNCCOc3ccc(F)cc3)OC(=O)c3ccccc3)cccc21. The van der Waals surface area contributed by atoms with E-state index in [4.69, 9.17) is 14.2 Å². The molecule has 0 radical (unpaired) electrons. The van der Waals surface area contributed by atoms with Gasteiger partial charge in [-0.25, -0.2) is 9.18 Å². The second-order valence-corrected chi connectivity index (χ2v) is 8.01. The first-order chi connectivity index (χ1) is 17.1. The summed E-state index contributed by atoms with van der Waals surface area (Å²) in [6, 6.07) is 20.2. The molecule has 0 saturated carbocycles. The van der Waals surface area contributed by atoms with E-state index in [1.54, 1.807) is 41.3 Å². The Morgan fingerprint density at radius 1 is 1.03 bits per heavy atom. The lowest BCUT2D eigenvalue weighted by molar-refractivity contribution is -0.107. The molecule has 0 saturated heterocycles. The smallest absolute Gasteiger partial charge is 0.338 e. The lowest BCUT2D eigenvalue weighted by Crippen LogP contribution is -2.37. The number of esters is 1. The Morgan fingerprint density at radius 3 is 2.60 bits per heavy atom. The van der Waals surface area contributed by atoms with E-state index in [1.165, 1.54) is 12.1 Å². The van der Waals surface area contributed by atoms with Crippen molar-refractivity contribution in [2.24, 2.45) is 0 Å². The predicted octanol–water partition coefficient (Wildman–Crippen LogP) is 3.62. The van der Waals surface area contributed by atoms with Gasteiger partial charge in [-0.15, -0.1) is 0 Å². The van der Waals surface area contributed by atoms with Crippen LogP contribution in [-0.4, -0.2) is 51.3 Å². The van der Waals surface area contributed by atoms with Crippen LogP contribution in [0.2, 0.25) is 0 Å². The number of ether oxygens (including phenoxy) is 3. The molecule has 1 aliphatic rings. The van der Waals surface area contributed by atoms with Gasteiger partial charge in [-0.1, -0.05) is 24.3 Å². The van der Waals surface area contributed by atoms with Crippen molar-refractivity contribution in [3.63, 3.8) is 0 Å². The molecule has 7 nitrogen and oxygen atoms in total. The van der Waals surface area contributed by atoms with Crippen LogP contribution in [0, 0.1) is 5.82 Å². The van der Waals surface area contributed by atoms with Crippen LogP contribution in [0.4, 0.5) is 10.1 Å². The van der Waals surface area contributed by atoms with Crippen molar-refractivity contribution in [1.82, 2.24) is 5.32 Å². The highest BCUT2D eigenvalue weighted by Crippen LogP contribution is 2.34. The van der Waals surface area contributed by atoms with Crippen LogP contribution in [0.25, 0.3) is 0 Å². The van der Waals surface area contributed by atoms with Crippen molar-refractivity contribution in [2.45, 2.75) is 12.5 Å². The fourth-order valence-corrected chi connectivity index (χ4v) is 3.82. The quantitative estimate of drug-likeness (QED) is 0.244. The lowest BCUT2D eigenvalue weighted by Gasteiger charge is -2.20. The summed E-state index contributed by atoms with van der Waals surface area (Å²) in [5, 5.41) is 3.22. The summed E-state index contributed by atoms with van der Waals surface area (Å²) in [5.41, 5.74) is 2.26. The van der Waals surface area contributed by atoms with Crippen LogP contribution < -0.4 is 19.7 Å². The van der Waals surface area contributed by atoms with Gasteiger partial charge in [0.2, 0.25) is 6.41 Å². The van der Waals surface area contributed by atoms with Gasteiger partial charge in [0.05, 0.1) is 11.3 Å². The Balaban J connectivity index is 1.34. The minimum Gasteiger partial charge on any atom is -0.492 e. The maximum atomic E-state index is 13.0. The Bertz CT molecular complexity index is 1120. The summed E-state index contributed by atoms with van der Waals surface area (Å²) < 4.78 is 30.4. The number of carbonyl (C=O) groups excluding carboxylic acids is 2. The third kappa shape index (κ3) is 6.58. The van der Waals surface area contributed by atoms with Gasteiger partial charge in [0.1, 0.15) is 36.6 Å². The number of nitrogens with one attached hydrogen (secondary N) is 1. The maximum absolute atomic E-state index is 13.0. The minimum absolute atomic E-state index is 0.141. The summed E-state index contributed by atoms with van der Waals surface area (Å²) in [7, 11) is 0. The molecular formula is C27H27FN2O5. The highest BCUT2D eigenvalue weighted by atomic mass is 19.1. The van der Waals surface area contributed by atoms with Gasteiger partial charge in [0.25, 0.3) is 0 Å². The fourth-order valence-electron chi connectivity index (χ4n) is 3.82. The molecule has 1 N–H and O–H groups in total.